The summed E-state index contributed by atoms with van der Waals surface area (Å²) in [6.45, 7) is 7.60. The van der Waals surface area contributed by atoms with Gasteiger partial charge in [0.1, 0.15) is 4.90 Å². The molecule has 4 nitrogen and oxygen atoms in total. The van der Waals surface area contributed by atoms with Crippen molar-refractivity contribution in [3.63, 3.8) is 0 Å². The number of rotatable bonds is 6. The molecule has 1 aromatic heterocycles. The van der Waals surface area contributed by atoms with Crippen LogP contribution < -0.4 is 10.0 Å². The quantitative estimate of drug-likeness (QED) is 0.843. The molecule has 21 heavy (non-hydrogen) atoms. The molecule has 6 heteroatoms. The van der Waals surface area contributed by atoms with Crippen LogP contribution in [0.15, 0.2) is 10.3 Å². The van der Waals surface area contributed by atoms with Crippen molar-refractivity contribution in [3.05, 3.63) is 15.8 Å². The van der Waals surface area contributed by atoms with Gasteiger partial charge in [-0.3, -0.25) is 0 Å². The normalized spacial score (nSPS) is 23.4. The highest BCUT2D eigenvalue weighted by Gasteiger charge is 2.27. The maximum absolute atomic E-state index is 12.7. The first-order chi connectivity index (χ1) is 9.94. The summed E-state index contributed by atoms with van der Waals surface area (Å²) in [7, 11) is -3.41. The Labute approximate surface area is 132 Å². The van der Waals surface area contributed by atoms with Crippen molar-refractivity contribution in [2.75, 3.05) is 6.54 Å². The third-order valence-corrected chi connectivity index (χ3v) is 7.11. The number of hydrogen-bond acceptors (Lipinski definition) is 4. The molecule has 0 bridgehead atoms. The van der Waals surface area contributed by atoms with Gasteiger partial charge in [-0.1, -0.05) is 13.8 Å². The third-order valence-electron chi connectivity index (χ3n) is 4.13. The summed E-state index contributed by atoms with van der Waals surface area (Å²) >= 11 is 1.52. The van der Waals surface area contributed by atoms with E-state index in [0.29, 0.717) is 11.4 Å². The molecule has 1 aromatic rings. The zero-order valence-electron chi connectivity index (χ0n) is 13.1. The molecule has 0 spiro atoms. The number of hydrogen-bond donors (Lipinski definition) is 2. The second kappa shape index (κ2) is 7.22. The van der Waals surface area contributed by atoms with Crippen molar-refractivity contribution in [1.82, 2.24) is 10.0 Å². The van der Waals surface area contributed by atoms with Gasteiger partial charge in [0, 0.05) is 17.5 Å². The molecular weight excluding hydrogens is 304 g/mol. The van der Waals surface area contributed by atoms with Gasteiger partial charge in [0.05, 0.1) is 0 Å². The first-order valence-corrected chi connectivity index (χ1v) is 10.1. The van der Waals surface area contributed by atoms with E-state index in [1.807, 2.05) is 19.2 Å². The summed E-state index contributed by atoms with van der Waals surface area (Å²) < 4.78 is 28.4. The molecule has 0 aromatic carbocycles. The first-order valence-electron chi connectivity index (χ1n) is 7.74. The smallest absolute Gasteiger partial charge is 0.242 e. The standard InChI is InChI=1S/C15H26N2O2S2/c1-4-16-9-14-15(12(3)10-20-14)21(18,19)17-13-7-5-11(2)6-8-13/h10-11,13,16-17H,4-9H2,1-3H3. The molecule has 1 heterocycles. The molecule has 0 saturated heterocycles. The molecule has 1 aliphatic carbocycles. The Balaban J connectivity index is 2.13. The molecule has 0 amide bonds. The highest BCUT2D eigenvalue weighted by atomic mass is 32.2. The van der Waals surface area contributed by atoms with E-state index in [9.17, 15) is 8.42 Å². The Morgan fingerprint density at radius 2 is 1.95 bits per heavy atom. The topological polar surface area (TPSA) is 58.2 Å². The minimum absolute atomic E-state index is 0.0949. The lowest BCUT2D eigenvalue weighted by molar-refractivity contribution is 0.332. The van der Waals surface area contributed by atoms with E-state index in [1.165, 1.54) is 11.3 Å². The third kappa shape index (κ3) is 4.28. The van der Waals surface area contributed by atoms with E-state index < -0.39 is 10.0 Å². The lowest BCUT2D eigenvalue weighted by Gasteiger charge is -2.26. The van der Waals surface area contributed by atoms with Crippen molar-refractivity contribution in [1.29, 1.82) is 0 Å². The van der Waals surface area contributed by atoms with E-state index in [4.69, 9.17) is 0 Å². The van der Waals surface area contributed by atoms with E-state index in [0.717, 1.165) is 48.6 Å². The Morgan fingerprint density at radius 3 is 2.57 bits per heavy atom. The van der Waals surface area contributed by atoms with Crippen LogP contribution in [-0.4, -0.2) is 21.0 Å². The average Bonchev–Trinajstić information content (AvgIpc) is 2.81. The minimum atomic E-state index is -3.41. The van der Waals surface area contributed by atoms with Crippen LogP contribution in [0.5, 0.6) is 0 Å². The molecule has 0 unspecified atom stereocenters. The molecule has 0 aliphatic heterocycles. The van der Waals surface area contributed by atoms with Gasteiger partial charge in [-0.05, 0) is 56.0 Å². The molecule has 0 radical (unpaired) electrons. The average molecular weight is 331 g/mol. The van der Waals surface area contributed by atoms with Crippen LogP contribution in [0.2, 0.25) is 0 Å². The molecule has 1 saturated carbocycles. The van der Waals surface area contributed by atoms with Crippen molar-refractivity contribution in [2.24, 2.45) is 5.92 Å². The van der Waals surface area contributed by atoms with Crippen LogP contribution in [0.1, 0.15) is 50.0 Å². The van der Waals surface area contributed by atoms with Crippen LogP contribution >= 0.6 is 11.3 Å². The summed E-state index contributed by atoms with van der Waals surface area (Å²) in [6, 6.07) is 0.0949. The fraction of sp³-hybridized carbons (Fsp3) is 0.733. The largest absolute Gasteiger partial charge is 0.312 e. The second-order valence-electron chi connectivity index (χ2n) is 6.03. The zero-order chi connectivity index (χ0) is 15.5. The summed E-state index contributed by atoms with van der Waals surface area (Å²) in [5.74, 6) is 0.720. The highest BCUT2D eigenvalue weighted by Crippen LogP contribution is 2.29. The monoisotopic (exact) mass is 330 g/mol. The van der Waals surface area contributed by atoms with E-state index >= 15 is 0 Å². The second-order valence-corrected chi connectivity index (χ2v) is 8.64. The fourth-order valence-electron chi connectivity index (χ4n) is 2.87. The van der Waals surface area contributed by atoms with Crippen LogP contribution in [-0.2, 0) is 16.6 Å². The Hall–Kier alpha value is -0.430. The Kier molecular flexibility index (Phi) is 5.82. The van der Waals surface area contributed by atoms with Gasteiger partial charge in [0.15, 0.2) is 0 Å². The fourth-order valence-corrected chi connectivity index (χ4v) is 5.95. The lowest BCUT2D eigenvalue weighted by atomic mass is 9.88. The van der Waals surface area contributed by atoms with Gasteiger partial charge in [-0.15, -0.1) is 11.3 Å². The zero-order valence-corrected chi connectivity index (χ0v) is 14.7. The summed E-state index contributed by atoms with van der Waals surface area (Å²) in [5.41, 5.74) is 0.851. The van der Waals surface area contributed by atoms with Crippen LogP contribution in [0.3, 0.4) is 0 Å². The predicted octanol–water partition coefficient (Wildman–Crippen LogP) is 3.02. The van der Waals surface area contributed by atoms with Crippen LogP contribution in [0.4, 0.5) is 0 Å². The van der Waals surface area contributed by atoms with E-state index in [1.54, 1.807) is 0 Å². The Bertz CT molecular complexity index is 558. The SMILES string of the molecule is CCNCc1scc(C)c1S(=O)(=O)NC1CCC(C)CC1. The van der Waals surface area contributed by atoms with Crippen molar-refractivity contribution in [2.45, 2.75) is 63.9 Å². The predicted molar refractivity (Wildman–Crippen MR) is 88.2 cm³/mol. The van der Waals surface area contributed by atoms with Gasteiger partial charge in [0.2, 0.25) is 10.0 Å². The van der Waals surface area contributed by atoms with Crippen molar-refractivity contribution in [3.8, 4) is 0 Å². The molecule has 2 N–H and O–H groups in total. The lowest BCUT2D eigenvalue weighted by Crippen LogP contribution is -2.37. The molecule has 1 aliphatic rings. The highest BCUT2D eigenvalue weighted by molar-refractivity contribution is 7.89. The summed E-state index contributed by atoms with van der Waals surface area (Å²) in [5, 5.41) is 5.15. The van der Waals surface area contributed by atoms with Crippen LogP contribution in [0.25, 0.3) is 0 Å². The molecule has 0 atom stereocenters. The van der Waals surface area contributed by atoms with Gasteiger partial charge >= 0.3 is 0 Å². The molecule has 120 valence electrons. The van der Waals surface area contributed by atoms with Crippen LogP contribution in [0, 0.1) is 12.8 Å². The number of nitrogens with one attached hydrogen (secondary N) is 2. The van der Waals surface area contributed by atoms with Gasteiger partial charge in [-0.25, -0.2) is 13.1 Å². The molecular formula is C15H26N2O2S2. The first kappa shape index (κ1) is 16.9. The maximum Gasteiger partial charge on any atom is 0.242 e. The summed E-state index contributed by atoms with van der Waals surface area (Å²) in [6.07, 6.45) is 4.12. The molecule has 1 fully saturated rings. The van der Waals surface area contributed by atoms with E-state index in [-0.39, 0.29) is 6.04 Å². The Morgan fingerprint density at radius 1 is 1.29 bits per heavy atom. The molecule has 2 rings (SSSR count). The number of sulfonamides is 1. The van der Waals surface area contributed by atoms with Gasteiger partial charge < -0.3 is 5.32 Å². The maximum atomic E-state index is 12.7. The van der Waals surface area contributed by atoms with E-state index in [2.05, 4.69) is 17.0 Å². The summed E-state index contributed by atoms with van der Waals surface area (Å²) in [4.78, 5) is 1.40. The minimum Gasteiger partial charge on any atom is -0.312 e. The number of aryl methyl sites for hydroxylation is 1. The van der Waals surface area contributed by atoms with Gasteiger partial charge in [0.25, 0.3) is 0 Å². The van der Waals surface area contributed by atoms with Crippen molar-refractivity contribution < 1.29 is 8.42 Å². The van der Waals surface area contributed by atoms with Crippen molar-refractivity contribution >= 4 is 21.4 Å². The number of thiophene rings is 1. The van der Waals surface area contributed by atoms with Gasteiger partial charge in [-0.2, -0.15) is 0 Å².